The van der Waals surface area contributed by atoms with Crippen molar-refractivity contribution >= 4 is 0 Å². The maximum atomic E-state index is 12.8. The van der Waals surface area contributed by atoms with E-state index in [0.29, 0.717) is 25.6 Å². The predicted molar refractivity (Wildman–Crippen MR) is 57.0 cm³/mol. The number of hydrogen-bond donors (Lipinski definition) is 1. The molecule has 2 rings (SSSR count). The Bertz CT molecular complexity index is 369. The lowest BCUT2D eigenvalue weighted by atomic mass is 9.88. The molecule has 0 radical (unpaired) electrons. The second-order valence-corrected chi connectivity index (χ2v) is 4.35. The van der Waals surface area contributed by atoms with Gasteiger partial charge in [0.1, 0.15) is 18.2 Å². The summed E-state index contributed by atoms with van der Waals surface area (Å²) in [4.78, 5) is 0. The van der Waals surface area contributed by atoms with Gasteiger partial charge in [0.15, 0.2) is 0 Å². The third kappa shape index (κ3) is 2.18. The Balaban J connectivity index is 1.99. The van der Waals surface area contributed by atoms with Crippen LogP contribution in [0.2, 0.25) is 0 Å². The summed E-state index contributed by atoms with van der Waals surface area (Å²) >= 11 is 0. The van der Waals surface area contributed by atoms with Crippen LogP contribution in [0.25, 0.3) is 0 Å². The molecule has 1 saturated heterocycles. The second kappa shape index (κ2) is 4.39. The maximum absolute atomic E-state index is 12.8. The fourth-order valence-corrected chi connectivity index (χ4v) is 1.62. The molecule has 1 aromatic carbocycles. The molecule has 0 saturated carbocycles. The monoisotopic (exact) mass is 226 g/mol. The van der Waals surface area contributed by atoms with E-state index in [1.165, 1.54) is 12.1 Å². The van der Waals surface area contributed by atoms with Crippen LogP contribution >= 0.6 is 0 Å². The fraction of sp³-hybridized carbons (Fsp3) is 0.500. The van der Waals surface area contributed by atoms with Gasteiger partial charge in [-0.15, -0.1) is 0 Å². The van der Waals surface area contributed by atoms with Crippen molar-refractivity contribution in [2.75, 3.05) is 26.4 Å². The molecule has 1 aliphatic rings. The molecule has 0 atom stereocenters. The van der Waals surface area contributed by atoms with Gasteiger partial charge in [0, 0.05) is 0 Å². The highest BCUT2D eigenvalue weighted by molar-refractivity contribution is 5.32. The van der Waals surface area contributed by atoms with Crippen LogP contribution in [0.15, 0.2) is 18.2 Å². The van der Waals surface area contributed by atoms with Gasteiger partial charge in [0.25, 0.3) is 0 Å². The van der Waals surface area contributed by atoms with Crippen LogP contribution in [-0.4, -0.2) is 31.5 Å². The summed E-state index contributed by atoms with van der Waals surface area (Å²) in [6.07, 6.45) is 0. The molecule has 0 amide bonds. The van der Waals surface area contributed by atoms with Gasteiger partial charge < -0.3 is 14.6 Å². The van der Waals surface area contributed by atoms with E-state index in [2.05, 4.69) is 0 Å². The van der Waals surface area contributed by atoms with Gasteiger partial charge in [-0.3, -0.25) is 0 Å². The van der Waals surface area contributed by atoms with E-state index in [4.69, 9.17) is 9.47 Å². The number of aryl methyl sites for hydroxylation is 1. The molecule has 1 heterocycles. The minimum atomic E-state index is -0.277. The van der Waals surface area contributed by atoms with Gasteiger partial charge in [-0.1, -0.05) is 0 Å². The minimum absolute atomic E-state index is 0.0489. The highest BCUT2D eigenvalue weighted by Crippen LogP contribution is 2.28. The summed E-state index contributed by atoms with van der Waals surface area (Å²) in [6.45, 7) is 3.28. The van der Waals surface area contributed by atoms with E-state index < -0.39 is 0 Å². The summed E-state index contributed by atoms with van der Waals surface area (Å²) < 4.78 is 23.5. The first kappa shape index (κ1) is 11.4. The van der Waals surface area contributed by atoms with Gasteiger partial charge in [-0.2, -0.15) is 0 Å². The number of hydrogen-bond acceptors (Lipinski definition) is 3. The molecule has 0 aliphatic carbocycles. The van der Waals surface area contributed by atoms with E-state index >= 15 is 0 Å². The van der Waals surface area contributed by atoms with E-state index in [0.717, 1.165) is 5.56 Å². The van der Waals surface area contributed by atoms with Gasteiger partial charge >= 0.3 is 0 Å². The lowest BCUT2D eigenvalue weighted by molar-refractivity contribution is -0.153. The van der Waals surface area contributed by atoms with Gasteiger partial charge in [-0.05, 0) is 30.7 Å². The zero-order chi connectivity index (χ0) is 11.6. The number of ether oxygens (including phenoxy) is 2. The zero-order valence-electron chi connectivity index (χ0n) is 9.20. The molecular weight excluding hydrogens is 211 g/mol. The van der Waals surface area contributed by atoms with Gasteiger partial charge in [0.05, 0.1) is 25.2 Å². The van der Waals surface area contributed by atoms with Crippen LogP contribution in [0, 0.1) is 18.2 Å². The highest BCUT2D eigenvalue weighted by Gasteiger charge is 2.39. The molecular formula is C12H15FO3. The molecule has 1 fully saturated rings. The lowest BCUT2D eigenvalue weighted by Gasteiger charge is -2.39. The molecule has 0 aromatic heterocycles. The summed E-state index contributed by atoms with van der Waals surface area (Å²) in [5, 5.41) is 9.21. The molecule has 1 N–H and O–H groups in total. The third-order valence-corrected chi connectivity index (χ3v) is 2.82. The normalized spacial score (nSPS) is 17.9. The SMILES string of the molecule is Cc1cc(F)ccc1OCC1(CO)COC1. The van der Waals surface area contributed by atoms with Crippen LogP contribution in [0.5, 0.6) is 5.75 Å². The van der Waals surface area contributed by atoms with Crippen LogP contribution < -0.4 is 4.74 Å². The van der Waals surface area contributed by atoms with Crippen molar-refractivity contribution in [1.29, 1.82) is 0 Å². The van der Waals surface area contributed by atoms with Crippen molar-refractivity contribution in [3.05, 3.63) is 29.6 Å². The second-order valence-electron chi connectivity index (χ2n) is 4.35. The summed E-state index contributed by atoms with van der Waals surface area (Å²) in [5.74, 6) is 0.384. The molecule has 1 aliphatic heterocycles. The standard InChI is InChI=1S/C12H15FO3/c1-9-4-10(13)2-3-11(9)16-8-12(5-14)6-15-7-12/h2-4,14H,5-8H2,1H3. The van der Waals surface area contributed by atoms with E-state index in [1.54, 1.807) is 13.0 Å². The number of aliphatic hydroxyl groups excluding tert-OH is 1. The molecule has 1 aromatic rings. The smallest absolute Gasteiger partial charge is 0.123 e. The summed E-state index contributed by atoms with van der Waals surface area (Å²) in [7, 11) is 0. The van der Waals surface area contributed by atoms with Gasteiger partial charge in [-0.25, -0.2) is 4.39 Å². The Kier molecular flexibility index (Phi) is 3.12. The Hall–Kier alpha value is -1.13. The third-order valence-electron chi connectivity index (χ3n) is 2.82. The molecule has 0 unspecified atom stereocenters. The number of rotatable bonds is 4. The van der Waals surface area contributed by atoms with E-state index in [9.17, 15) is 9.50 Å². The summed E-state index contributed by atoms with van der Waals surface area (Å²) in [6, 6.07) is 4.40. The Morgan fingerprint density at radius 3 is 2.75 bits per heavy atom. The number of halogens is 1. The number of benzene rings is 1. The fourth-order valence-electron chi connectivity index (χ4n) is 1.62. The van der Waals surface area contributed by atoms with Crippen molar-refractivity contribution in [3.63, 3.8) is 0 Å². The molecule has 3 nitrogen and oxygen atoms in total. The maximum Gasteiger partial charge on any atom is 0.123 e. The molecule has 88 valence electrons. The molecule has 0 spiro atoms. The average Bonchev–Trinajstić information content (AvgIpc) is 2.19. The number of aliphatic hydroxyl groups is 1. The van der Waals surface area contributed by atoms with Crippen LogP contribution in [-0.2, 0) is 4.74 Å². The van der Waals surface area contributed by atoms with E-state index in [-0.39, 0.29) is 17.8 Å². The quantitative estimate of drug-likeness (QED) is 0.846. The first-order chi connectivity index (χ1) is 7.65. The van der Waals surface area contributed by atoms with Crippen molar-refractivity contribution in [2.24, 2.45) is 5.41 Å². The Morgan fingerprint density at radius 2 is 2.25 bits per heavy atom. The average molecular weight is 226 g/mol. The minimum Gasteiger partial charge on any atom is -0.492 e. The molecule has 16 heavy (non-hydrogen) atoms. The topological polar surface area (TPSA) is 38.7 Å². The predicted octanol–water partition coefficient (Wildman–Crippen LogP) is 1.52. The molecule has 0 bridgehead atoms. The van der Waals surface area contributed by atoms with Crippen molar-refractivity contribution in [1.82, 2.24) is 0 Å². The van der Waals surface area contributed by atoms with Crippen molar-refractivity contribution in [3.8, 4) is 5.75 Å². The lowest BCUT2D eigenvalue weighted by Crippen LogP contribution is -2.49. The first-order valence-electron chi connectivity index (χ1n) is 5.23. The van der Waals surface area contributed by atoms with Gasteiger partial charge in [0.2, 0.25) is 0 Å². The zero-order valence-corrected chi connectivity index (χ0v) is 9.20. The van der Waals surface area contributed by atoms with Crippen LogP contribution in [0.3, 0.4) is 0 Å². The molecule has 4 heteroatoms. The Morgan fingerprint density at radius 1 is 1.50 bits per heavy atom. The van der Waals surface area contributed by atoms with Crippen LogP contribution in [0.1, 0.15) is 5.56 Å². The summed E-state index contributed by atoms with van der Waals surface area (Å²) in [5.41, 5.74) is 0.481. The van der Waals surface area contributed by atoms with E-state index in [1.807, 2.05) is 0 Å². The Labute approximate surface area is 93.8 Å². The van der Waals surface area contributed by atoms with Crippen LogP contribution in [0.4, 0.5) is 4.39 Å². The largest absolute Gasteiger partial charge is 0.492 e. The first-order valence-corrected chi connectivity index (χ1v) is 5.23. The highest BCUT2D eigenvalue weighted by atomic mass is 19.1. The van der Waals surface area contributed by atoms with Crippen molar-refractivity contribution < 1.29 is 19.0 Å². The van der Waals surface area contributed by atoms with Crippen molar-refractivity contribution in [2.45, 2.75) is 6.92 Å².